The van der Waals surface area contributed by atoms with E-state index in [4.69, 9.17) is 9.72 Å². The number of nitrogens with one attached hydrogen (secondary N) is 1. The highest BCUT2D eigenvalue weighted by Crippen LogP contribution is 2.31. The molecule has 5 rings (SSSR count). The molecule has 1 N–H and O–H groups in total. The molecule has 5 aromatic rings. The van der Waals surface area contributed by atoms with E-state index in [1.165, 1.54) is 0 Å². The Labute approximate surface area is 186 Å². The van der Waals surface area contributed by atoms with Crippen molar-refractivity contribution in [2.24, 2.45) is 5.92 Å². The monoisotopic (exact) mass is 423 g/mol. The first-order chi connectivity index (χ1) is 15.6. The van der Waals surface area contributed by atoms with Gasteiger partial charge in [-0.3, -0.25) is 4.57 Å². The molecule has 2 aromatic heterocycles. The first-order valence-corrected chi connectivity index (χ1v) is 10.8. The minimum absolute atomic E-state index is 0.507. The summed E-state index contributed by atoms with van der Waals surface area (Å²) in [5, 5.41) is 13.9. The van der Waals surface area contributed by atoms with Crippen LogP contribution in [0, 0.1) is 5.92 Å². The maximum Gasteiger partial charge on any atom is 0.241 e. The molecular formula is C26H25N5O. The zero-order valence-electron chi connectivity index (χ0n) is 18.4. The third-order valence-corrected chi connectivity index (χ3v) is 5.44. The fourth-order valence-corrected chi connectivity index (χ4v) is 4.03. The fraction of sp³-hybridized carbons (Fsp3) is 0.192. The van der Waals surface area contributed by atoms with E-state index in [9.17, 15) is 0 Å². The van der Waals surface area contributed by atoms with E-state index >= 15 is 0 Å². The minimum Gasteiger partial charge on any atom is -0.479 e. The molecule has 6 heteroatoms. The topological polar surface area (TPSA) is 64.9 Å². The van der Waals surface area contributed by atoms with Gasteiger partial charge in [-0.1, -0.05) is 50.2 Å². The molecule has 0 saturated heterocycles. The molecule has 6 nitrogen and oxygen atoms in total. The van der Waals surface area contributed by atoms with Gasteiger partial charge in [0.15, 0.2) is 5.82 Å². The van der Waals surface area contributed by atoms with Crippen LogP contribution in [-0.4, -0.2) is 26.9 Å². The average Bonchev–Trinajstić information content (AvgIpc) is 3.16. The number of methoxy groups -OCH3 is 1. The van der Waals surface area contributed by atoms with E-state index in [1.54, 1.807) is 7.11 Å². The van der Waals surface area contributed by atoms with Gasteiger partial charge in [0.05, 0.1) is 18.1 Å². The number of anilines is 2. The van der Waals surface area contributed by atoms with Crippen LogP contribution in [0.1, 0.15) is 19.7 Å². The highest BCUT2D eigenvalue weighted by molar-refractivity contribution is 5.96. The van der Waals surface area contributed by atoms with E-state index in [2.05, 4.69) is 76.4 Å². The Hall–Kier alpha value is -3.93. The predicted octanol–water partition coefficient (Wildman–Crippen LogP) is 5.92. The summed E-state index contributed by atoms with van der Waals surface area (Å²) in [5.41, 5.74) is 4.07. The Morgan fingerprint density at radius 3 is 2.41 bits per heavy atom. The molecule has 0 aliphatic carbocycles. The van der Waals surface area contributed by atoms with Crippen molar-refractivity contribution < 1.29 is 4.74 Å². The Morgan fingerprint density at radius 2 is 1.66 bits per heavy atom. The molecule has 160 valence electrons. The van der Waals surface area contributed by atoms with Crippen LogP contribution in [0.2, 0.25) is 0 Å². The summed E-state index contributed by atoms with van der Waals surface area (Å²) in [7, 11) is 1.61. The molecule has 2 heterocycles. The molecule has 0 unspecified atom stereocenters. The maximum atomic E-state index is 5.37. The SMILES string of the molecule is COc1nnc(Nc2ccc3c(c2)nc(CC(C)C)n3-c2ccccc2)c2ccccc12. The van der Waals surface area contributed by atoms with Crippen LogP contribution in [0.15, 0.2) is 72.8 Å². The third kappa shape index (κ3) is 3.64. The van der Waals surface area contributed by atoms with Crippen LogP contribution in [0.25, 0.3) is 27.5 Å². The fourth-order valence-electron chi connectivity index (χ4n) is 4.03. The molecule has 0 spiro atoms. The quantitative estimate of drug-likeness (QED) is 0.367. The van der Waals surface area contributed by atoms with Gasteiger partial charge in [-0.25, -0.2) is 4.98 Å². The van der Waals surface area contributed by atoms with Crippen LogP contribution in [0.5, 0.6) is 5.88 Å². The van der Waals surface area contributed by atoms with E-state index < -0.39 is 0 Å². The lowest BCUT2D eigenvalue weighted by Gasteiger charge is -2.11. The van der Waals surface area contributed by atoms with Gasteiger partial charge in [0.1, 0.15) is 5.82 Å². The van der Waals surface area contributed by atoms with Crippen LogP contribution in [0.3, 0.4) is 0 Å². The largest absolute Gasteiger partial charge is 0.479 e. The van der Waals surface area contributed by atoms with Crippen molar-refractivity contribution in [1.29, 1.82) is 0 Å². The average molecular weight is 424 g/mol. The number of aromatic nitrogens is 4. The van der Waals surface area contributed by atoms with Crippen molar-refractivity contribution in [3.8, 4) is 11.6 Å². The van der Waals surface area contributed by atoms with E-state index in [0.29, 0.717) is 17.6 Å². The van der Waals surface area contributed by atoms with Gasteiger partial charge in [-0.2, -0.15) is 0 Å². The molecule has 0 bridgehead atoms. The van der Waals surface area contributed by atoms with Gasteiger partial charge in [0, 0.05) is 28.6 Å². The third-order valence-electron chi connectivity index (χ3n) is 5.44. The number of nitrogens with zero attached hydrogens (tertiary/aromatic N) is 4. The number of fused-ring (bicyclic) bond motifs is 2. The van der Waals surface area contributed by atoms with Gasteiger partial charge in [-0.15, -0.1) is 10.2 Å². The second-order valence-corrected chi connectivity index (χ2v) is 8.23. The Bertz CT molecular complexity index is 1390. The molecule has 0 aliphatic rings. The van der Waals surface area contributed by atoms with Gasteiger partial charge in [-0.05, 0) is 42.3 Å². The molecule has 0 saturated carbocycles. The molecule has 0 atom stereocenters. The number of imidazole rings is 1. The highest BCUT2D eigenvalue weighted by Gasteiger charge is 2.15. The Kier molecular flexibility index (Phi) is 5.19. The maximum absolute atomic E-state index is 5.37. The summed E-state index contributed by atoms with van der Waals surface area (Å²) >= 11 is 0. The van der Waals surface area contributed by atoms with Crippen LogP contribution < -0.4 is 10.1 Å². The standard InChI is InChI=1S/C26H25N5O/c1-17(2)15-24-28-22-16-18(13-14-23(22)31(24)19-9-5-4-6-10-19)27-25-20-11-7-8-12-21(20)26(32-3)30-29-25/h4-14,16-17H,15H2,1-3H3,(H,27,29). The van der Waals surface area contributed by atoms with Crippen molar-refractivity contribution in [2.45, 2.75) is 20.3 Å². The highest BCUT2D eigenvalue weighted by atomic mass is 16.5. The first-order valence-electron chi connectivity index (χ1n) is 10.8. The van der Waals surface area contributed by atoms with Gasteiger partial charge < -0.3 is 10.1 Å². The number of benzene rings is 3. The van der Waals surface area contributed by atoms with Crippen molar-refractivity contribution in [2.75, 3.05) is 12.4 Å². The van der Waals surface area contributed by atoms with E-state index in [1.807, 2.05) is 30.3 Å². The number of rotatable bonds is 6. The lowest BCUT2D eigenvalue weighted by Crippen LogP contribution is -2.04. The molecule has 0 amide bonds. The summed E-state index contributed by atoms with van der Waals surface area (Å²) in [4.78, 5) is 4.99. The molecular weight excluding hydrogens is 398 g/mol. The van der Waals surface area contributed by atoms with Crippen molar-refractivity contribution in [3.05, 3.63) is 78.6 Å². The molecule has 32 heavy (non-hydrogen) atoms. The molecule has 0 radical (unpaired) electrons. The summed E-state index contributed by atoms with van der Waals surface area (Å²) in [6.45, 7) is 4.43. The lowest BCUT2D eigenvalue weighted by atomic mass is 10.1. The number of hydrogen-bond donors (Lipinski definition) is 1. The molecule has 0 fully saturated rings. The summed E-state index contributed by atoms with van der Waals surface area (Å²) in [6, 6.07) is 24.6. The van der Waals surface area contributed by atoms with Crippen LogP contribution >= 0.6 is 0 Å². The van der Waals surface area contributed by atoms with Crippen molar-refractivity contribution in [1.82, 2.24) is 19.7 Å². The second kappa shape index (κ2) is 8.30. The van der Waals surface area contributed by atoms with E-state index in [-0.39, 0.29) is 0 Å². The number of ether oxygens (including phenoxy) is 1. The number of para-hydroxylation sites is 1. The Balaban J connectivity index is 1.58. The molecule has 0 aliphatic heterocycles. The second-order valence-electron chi connectivity index (χ2n) is 8.23. The van der Waals surface area contributed by atoms with E-state index in [0.717, 1.165) is 45.4 Å². The van der Waals surface area contributed by atoms with Crippen LogP contribution in [-0.2, 0) is 6.42 Å². The van der Waals surface area contributed by atoms with Gasteiger partial charge in [0.2, 0.25) is 5.88 Å². The summed E-state index contributed by atoms with van der Waals surface area (Å²) in [5.74, 6) is 2.77. The van der Waals surface area contributed by atoms with Gasteiger partial charge >= 0.3 is 0 Å². The predicted molar refractivity (Wildman–Crippen MR) is 129 cm³/mol. The normalized spacial score (nSPS) is 11.4. The lowest BCUT2D eigenvalue weighted by molar-refractivity contribution is 0.398. The molecule has 3 aromatic carbocycles. The van der Waals surface area contributed by atoms with Crippen LogP contribution in [0.4, 0.5) is 11.5 Å². The summed E-state index contributed by atoms with van der Waals surface area (Å²) in [6.07, 6.45) is 0.904. The number of hydrogen-bond acceptors (Lipinski definition) is 5. The Morgan fingerprint density at radius 1 is 0.906 bits per heavy atom. The zero-order valence-corrected chi connectivity index (χ0v) is 18.4. The first kappa shape index (κ1) is 20.0. The summed E-state index contributed by atoms with van der Waals surface area (Å²) < 4.78 is 7.62. The smallest absolute Gasteiger partial charge is 0.241 e. The van der Waals surface area contributed by atoms with Crippen molar-refractivity contribution in [3.63, 3.8) is 0 Å². The zero-order chi connectivity index (χ0) is 22.1. The minimum atomic E-state index is 0.507. The van der Waals surface area contributed by atoms with Crippen molar-refractivity contribution >= 4 is 33.3 Å². The van der Waals surface area contributed by atoms with Gasteiger partial charge in [0.25, 0.3) is 0 Å².